The van der Waals surface area contributed by atoms with Crippen LogP contribution in [0.4, 0.5) is 0 Å². The van der Waals surface area contributed by atoms with Gasteiger partial charge in [-0.1, -0.05) is 97.7 Å². The van der Waals surface area contributed by atoms with Gasteiger partial charge >= 0.3 is 0 Å². The SMILES string of the molecule is C=C(NC(Cc1ccccc1)C(=C)NC(CC(C)C)B(CC)CC)c1cnccn1.CC. The van der Waals surface area contributed by atoms with E-state index in [1.165, 1.54) is 5.56 Å². The normalized spacial score (nSPS) is 12.2. The van der Waals surface area contributed by atoms with Gasteiger partial charge in [-0.2, -0.15) is 0 Å². The molecule has 0 bridgehead atoms. The lowest BCUT2D eigenvalue weighted by Crippen LogP contribution is -2.47. The fourth-order valence-electron chi connectivity index (χ4n) is 3.92. The quantitative estimate of drug-likeness (QED) is 0.365. The van der Waals surface area contributed by atoms with Crippen LogP contribution in [0.1, 0.15) is 59.2 Å². The second-order valence-electron chi connectivity index (χ2n) is 8.44. The second-order valence-corrected chi connectivity index (χ2v) is 8.44. The topological polar surface area (TPSA) is 49.8 Å². The molecule has 2 rings (SSSR count). The highest BCUT2D eigenvalue weighted by molar-refractivity contribution is 6.60. The molecule has 0 aliphatic heterocycles. The van der Waals surface area contributed by atoms with Gasteiger partial charge in [-0.05, 0) is 24.3 Å². The van der Waals surface area contributed by atoms with Crippen LogP contribution in [0.25, 0.3) is 5.70 Å². The first-order chi connectivity index (χ1) is 15.4. The van der Waals surface area contributed by atoms with Gasteiger partial charge in [0, 0.05) is 24.0 Å². The number of nitrogens with one attached hydrogen (secondary N) is 2. The molecule has 2 N–H and O–H groups in total. The number of hydrogen-bond donors (Lipinski definition) is 2. The lowest BCUT2D eigenvalue weighted by atomic mass is 9.39. The molecule has 0 aliphatic rings. The Morgan fingerprint density at radius 3 is 2.19 bits per heavy atom. The Labute approximate surface area is 197 Å². The molecule has 0 amide bonds. The van der Waals surface area contributed by atoms with Crippen molar-refractivity contribution in [3.63, 3.8) is 0 Å². The van der Waals surface area contributed by atoms with Gasteiger partial charge in [0.25, 0.3) is 0 Å². The summed E-state index contributed by atoms with van der Waals surface area (Å²) in [5.74, 6) is 1.04. The number of benzene rings is 1. The van der Waals surface area contributed by atoms with Crippen LogP contribution < -0.4 is 10.6 Å². The predicted octanol–water partition coefficient (Wildman–Crippen LogP) is 6.27. The number of nitrogens with zero attached hydrogens (tertiary/aromatic N) is 2. The molecule has 0 fully saturated rings. The van der Waals surface area contributed by atoms with Crippen molar-refractivity contribution in [2.75, 3.05) is 0 Å². The first-order valence-corrected chi connectivity index (χ1v) is 12.2. The van der Waals surface area contributed by atoms with E-state index in [-0.39, 0.29) is 6.04 Å². The Hall–Kier alpha value is -2.56. The summed E-state index contributed by atoms with van der Waals surface area (Å²) >= 11 is 0. The van der Waals surface area contributed by atoms with Gasteiger partial charge < -0.3 is 10.6 Å². The fraction of sp³-hybridized carbons (Fsp3) is 0.481. The summed E-state index contributed by atoms with van der Waals surface area (Å²) in [7, 11) is 0. The standard InChI is InChI=1S/C25H37BN4.C2H6/c1-7-26(8-2)25(16-19(3)4)30-20(5)23(17-22-12-10-9-11-13-22)29-21(6)24-18-27-14-15-28-24;1-2/h9-15,18-19,23,25,29-30H,5-8,16-17H2,1-4H3;1-2H3. The molecule has 2 aromatic rings. The maximum atomic E-state index is 4.45. The van der Waals surface area contributed by atoms with E-state index in [1.54, 1.807) is 18.6 Å². The molecule has 0 saturated carbocycles. The van der Waals surface area contributed by atoms with Crippen molar-refractivity contribution in [3.05, 3.63) is 79.0 Å². The van der Waals surface area contributed by atoms with E-state index >= 15 is 0 Å². The van der Waals surface area contributed by atoms with Gasteiger partial charge in [0.2, 0.25) is 0 Å². The van der Waals surface area contributed by atoms with Gasteiger partial charge in [0.15, 0.2) is 6.71 Å². The van der Waals surface area contributed by atoms with Crippen LogP contribution in [0.3, 0.4) is 0 Å². The van der Waals surface area contributed by atoms with Gasteiger partial charge in [0.05, 0.1) is 17.9 Å². The summed E-state index contributed by atoms with van der Waals surface area (Å²) in [6, 6.07) is 10.5. The zero-order valence-electron chi connectivity index (χ0n) is 21.1. The van der Waals surface area contributed by atoms with E-state index in [0.29, 0.717) is 18.6 Å². The molecule has 1 aromatic carbocycles. The molecule has 0 saturated heterocycles. The average Bonchev–Trinajstić information content (AvgIpc) is 2.81. The highest BCUT2D eigenvalue weighted by Crippen LogP contribution is 2.18. The Kier molecular flexibility index (Phi) is 13.1. The van der Waals surface area contributed by atoms with E-state index in [2.05, 4.69) is 85.7 Å². The molecule has 0 aliphatic carbocycles. The average molecular weight is 434 g/mol. The van der Waals surface area contributed by atoms with Crippen molar-refractivity contribution in [1.29, 1.82) is 0 Å². The van der Waals surface area contributed by atoms with E-state index in [0.717, 1.165) is 42.6 Å². The highest BCUT2D eigenvalue weighted by atomic mass is 15.0. The molecule has 32 heavy (non-hydrogen) atoms. The van der Waals surface area contributed by atoms with Crippen molar-refractivity contribution in [2.24, 2.45) is 5.92 Å². The first-order valence-electron chi connectivity index (χ1n) is 12.2. The summed E-state index contributed by atoms with van der Waals surface area (Å²) in [5.41, 5.74) is 3.77. The summed E-state index contributed by atoms with van der Waals surface area (Å²) in [6.45, 7) is 22.4. The van der Waals surface area contributed by atoms with E-state index in [4.69, 9.17) is 0 Å². The van der Waals surface area contributed by atoms with Crippen molar-refractivity contribution in [1.82, 2.24) is 20.6 Å². The number of rotatable bonds is 13. The third-order valence-corrected chi connectivity index (χ3v) is 5.64. The van der Waals surface area contributed by atoms with Gasteiger partial charge in [0.1, 0.15) is 5.69 Å². The second kappa shape index (κ2) is 15.3. The Morgan fingerprint density at radius 2 is 1.66 bits per heavy atom. The molecule has 2 unspecified atom stereocenters. The monoisotopic (exact) mass is 434 g/mol. The Bertz CT molecular complexity index is 773. The molecule has 174 valence electrons. The van der Waals surface area contributed by atoms with Crippen LogP contribution in [0.15, 0.2) is 67.8 Å². The number of hydrogen-bond acceptors (Lipinski definition) is 4. The molecule has 0 radical (unpaired) electrons. The van der Waals surface area contributed by atoms with Gasteiger partial charge in [-0.15, -0.1) is 0 Å². The van der Waals surface area contributed by atoms with E-state index < -0.39 is 0 Å². The minimum absolute atomic E-state index is 0.00549. The van der Waals surface area contributed by atoms with Crippen molar-refractivity contribution < 1.29 is 0 Å². The van der Waals surface area contributed by atoms with Gasteiger partial charge in [-0.25, -0.2) is 0 Å². The minimum Gasteiger partial charge on any atom is -0.392 e. The Balaban J connectivity index is 0.00000249. The van der Waals surface area contributed by atoms with Crippen LogP contribution in [0.5, 0.6) is 0 Å². The van der Waals surface area contributed by atoms with Crippen LogP contribution in [0, 0.1) is 5.92 Å². The third kappa shape index (κ3) is 9.29. The van der Waals surface area contributed by atoms with Crippen molar-refractivity contribution in [3.8, 4) is 0 Å². The van der Waals surface area contributed by atoms with Crippen LogP contribution in [0.2, 0.25) is 12.6 Å². The molecule has 0 spiro atoms. The maximum Gasteiger partial charge on any atom is 0.166 e. The lowest BCUT2D eigenvalue weighted by molar-refractivity contribution is 0.499. The van der Waals surface area contributed by atoms with E-state index in [1.807, 2.05) is 19.9 Å². The lowest BCUT2D eigenvalue weighted by Gasteiger charge is -2.32. The van der Waals surface area contributed by atoms with E-state index in [9.17, 15) is 0 Å². The Morgan fingerprint density at radius 1 is 1.00 bits per heavy atom. The third-order valence-electron chi connectivity index (χ3n) is 5.64. The highest BCUT2D eigenvalue weighted by Gasteiger charge is 2.25. The number of aromatic nitrogens is 2. The zero-order valence-corrected chi connectivity index (χ0v) is 21.1. The summed E-state index contributed by atoms with van der Waals surface area (Å²) in [5, 5.41) is 7.35. The molecular weight excluding hydrogens is 391 g/mol. The fourth-order valence-corrected chi connectivity index (χ4v) is 3.92. The maximum absolute atomic E-state index is 4.45. The zero-order chi connectivity index (χ0) is 23.9. The largest absolute Gasteiger partial charge is 0.392 e. The molecule has 4 nitrogen and oxygen atoms in total. The molecule has 1 heterocycles. The van der Waals surface area contributed by atoms with Crippen molar-refractivity contribution in [2.45, 2.75) is 79.0 Å². The van der Waals surface area contributed by atoms with Gasteiger partial charge in [-0.3, -0.25) is 9.97 Å². The summed E-state index contributed by atoms with van der Waals surface area (Å²) in [6.07, 6.45) is 9.38. The van der Waals surface area contributed by atoms with Crippen LogP contribution in [-0.4, -0.2) is 28.7 Å². The first kappa shape index (κ1) is 27.5. The predicted molar refractivity (Wildman–Crippen MR) is 142 cm³/mol. The smallest absolute Gasteiger partial charge is 0.166 e. The molecule has 1 aromatic heterocycles. The van der Waals surface area contributed by atoms with Crippen molar-refractivity contribution >= 4 is 12.4 Å². The molecular formula is C27H43BN4. The minimum atomic E-state index is 0.00549. The molecule has 5 heteroatoms. The summed E-state index contributed by atoms with van der Waals surface area (Å²) < 4.78 is 0. The summed E-state index contributed by atoms with van der Waals surface area (Å²) in [4.78, 5) is 8.55. The van der Waals surface area contributed by atoms with Crippen LogP contribution >= 0.6 is 0 Å². The van der Waals surface area contributed by atoms with Crippen LogP contribution in [-0.2, 0) is 6.42 Å². The molecule has 2 atom stereocenters.